The second-order valence-corrected chi connectivity index (χ2v) is 6.63. The number of nitrogens with one attached hydrogen (secondary N) is 1. The van der Waals surface area contributed by atoms with E-state index in [2.05, 4.69) is 28.9 Å². The molecule has 0 aliphatic carbocycles. The van der Waals surface area contributed by atoms with E-state index in [9.17, 15) is 4.79 Å². The molecule has 0 saturated carbocycles. The first-order chi connectivity index (χ1) is 10.7. The van der Waals surface area contributed by atoms with Crippen molar-refractivity contribution in [2.75, 3.05) is 17.6 Å². The molecule has 1 fully saturated rings. The Morgan fingerprint density at radius 3 is 2.95 bits per heavy atom. The van der Waals surface area contributed by atoms with Gasteiger partial charge in [0.2, 0.25) is 0 Å². The number of benzene rings is 1. The predicted octanol–water partition coefficient (Wildman–Crippen LogP) is 3.87. The van der Waals surface area contributed by atoms with Crippen molar-refractivity contribution in [3.63, 3.8) is 0 Å². The summed E-state index contributed by atoms with van der Waals surface area (Å²) >= 11 is 1.81. The summed E-state index contributed by atoms with van der Waals surface area (Å²) in [5.74, 6) is 0.971. The van der Waals surface area contributed by atoms with Crippen molar-refractivity contribution in [2.45, 2.75) is 18.7 Å². The van der Waals surface area contributed by atoms with Crippen molar-refractivity contribution >= 4 is 23.5 Å². The Bertz CT molecular complexity index is 667. The van der Waals surface area contributed by atoms with Gasteiger partial charge in [-0.2, -0.15) is 0 Å². The molecule has 2 amide bonds. The first kappa shape index (κ1) is 15.0. The third-order valence-corrected chi connectivity index (χ3v) is 5.21. The van der Waals surface area contributed by atoms with Crippen LogP contribution in [0.2, 0.25) is 0 Å². The van der Waals surface area contributed by atoms with E-state index in [1.807, 2.05) is 54.2 Å². The second kappa shape index (κ2) is 6.48. The number of hydrogen-bond acceptors (Lipinski definition) is 2. The standard InChI is InChI=1S/C17H21N3OS/c1-3-13-6-4-7-14(12-13)18-17(21)20-10-11-22-16(20)15-8-5-9-19(15)2/h4-9,12,16H,3,10-11H2,1-2H3,(H,18,21)/t16-/m1/s1. The van der Waals surface area contributed by atoms with E-state index >= 15 is 0 Å². The Hall–Kier alpha value is -1.88. The molecule has 1 saturated heterocycles. The van der Waals surface area contributed by atoms with Gasteiger partial charge in [0.25, 0.3) is 0 Å². The van der Waals surface area contributed by atoms with Crippen LogP contribution in [0.1, 0.15) is 23.6 Å². The minimum absolute atomic E-state index is 0.0237. The molecule has 1 aromatic heterocycles. The normalized spacial score (nSPS) is 17.7. The van der Waals surface area contributed by atoms with Crippen LogP contribution >= 0.6 is 11.8 Å². The molecule has 1 aliphatic heterocycles. The van der Waals surface area contributed by atoms with Crippen molar-refractivity contribution in [1.29, 1.82) is 0 Å². The first-order valence-corrected chi connectivity index (χ1v) is 8.63. The van der Waals surface area contributed by atoms with Gasteiger partial charge in [-0.3, -0.25) is 0 Å². The lowest BCUT2D eigenvalue weighted by Gasteiger charge is -2.24. The minimum atomic E-state index is -0.0237. The molecule has 1 N–H and O–H groups in total. The van der Waals surface area contributed by atoms with Crippen molar-refractivity contribution in [3.8, 4) is 0 Å². The maximum Gasteiger partial charge on any atom is 0.323 e. The van der Waals surface area contributed by atoms with E-state index in [0.717, 1.165) is 24.4 Å². The van der Waals surface area contributed by atoms with Crippen LogP contribution in [0, 0.1) is 0 Å². The zero-order valence-electron chi connectivity index (χ0n) is 13.0. The van der Waals surface area contributed by atoms with Gasteiger partial charge in [-0.1, -0.05) is 19.1 Å². The molecule has 4 nitrogen and oxygen atoms in total. The van der Waals surface area contributed by atoms with Gasteiger partial charge in [0.15, 0.2) is 0 Å². The van der Waals surface area contributed by atoms with Gasteiger partial charge in [0.05, 0.1) is 5.69 Å². The van der Waals surface area contributed by atoms with E-state index in [0.29, 0.717) is 0 Å². The number of thioether (sulfide) groups is 1. The molecule has 1 atom stereocenters. The monoisotopic (exact) mass is 315 g/mol. The largest absolute Gasteiger partial charge is 0.352 e. The lowest BCUT2D eigenvalue weighted by Crippen LogP contribution is -2.34. The number of aromatic nitrogens is 1. The van der Waals surface area contributed by atoms with Crippen LogP contribution in [-0.2, 0) is 13.5 Å². The number of anilines is 1. The SMILES string of the molecule is CCc1cccc(NC(=O)N2CCS[C@@H]2c2cccn2C)c1. The fraction of sp³-hybridized carbons (Fsp3) is 0.353. The molecule has 0 bridgehead atoms. The number of nitrogens with zero attached hydrogens (tertiary/aromatic N) is 2. The molecule has 22 heavy (non-hydrogen) atoms. The number of carbonyl (C=O) groups excluding carboxylic acids is 1. The number of rotatable bonds is 3. The van der Waals surface area contributed by atoms with Crippen LogP contribution in [0.15, 0.2) is 42.6 Å². The average Bonchev–Trinajstić information content (AvgIpc) is 3.15. The van der Waals surface area contributed by atoms with Crippen LogP contribution in [0.25, 0.3) is 0 Å². The lowest BCUT2D eigenvalue weighted by atomic mass is 10.1. The molecular weight excluding hydrogens is 294 g/mol. The number of carbonyl (C=O) groups is 1. The van der Waals surface area contributed by atoms with Crippen molar-refractivity contribution in [1.82, 2.24) is 9.47 Å². The fourth-order valence-electron chi connectivity index (χ4n) is 2.72. The quantitative estimate of drug-likeness (QED) is 0.933. The Kier molecular flexibility index (Phi) is 4.43. The summed E-state index contributed by atoms with van der Waals surface area (Å²) in [4.78, 5) is 14.5. The minimum Gasteiger partial charge on any atom is -0.352 e. The molecule has 5 heteroatoms. The molecule has 2 aromatic rings. The predicted molar refractivity (Wildman–Crippen MR) is 92.2 cm³/mol. The zero-order chi connectivity index (χ0) is 15.5. The number of aryl methyl sites for hydroxylation is 2. The van der Waals surface area contributed by atoms with E-state index in [1.54, 1.807) is 0 Å². The number of hydrogen-bond donors (Lipinski definition) is 1. The van der Waals surface area contributed by atoms with Gasteiger partial charge in [-0.25, -0.2) is 4.79 Å². The van der Waals surface area contributed by atoms with E-state index < -0.39 is 0 Å². The summed E-state index contributed by atoms with van der Waals surface area (Å²) in [5.41, 5.74) is 3.26. The summed E-state index contributed by atoms with van der Waals surface area (Å²) in [6.45, 7) is 2.89. The summed E-state index contributed by atoms with van der Waals surface area (Å²) in [6, 6.07) is 12.1. The number of amides is 2. The summed E-state index contributed by atoms with van der Waals surface area (Å²) < 4.78 is 2.08. The topological polar surface area (TPSA) is 37.3 Å². The number of urea groups is 1. The van der Waals surface area contributed by atoms with Crippen molar-refractivity contribution in [2.24, 2.45) is 7.05 Å². The first-order valence-electron chi connectivity index (χ1n) is 7.58. The van der Waals surface area contributed by atoms with Crippen LogP contribution in [-0.4, -0.2) is 27.8 Å². The third kappa shape index (κ3) is 2.99. The third-order valence-electron chi connectivity index (χ3n) is 3.98. The fourth-order valence-corrected chi connectivity index (χ4v) is 4.04. The second-order valence-electron chi connectivity index (χ2n) is 5.44. The molecular formula is C17H21N3OS. The van der Waals surface area contributed by atoms with E-state index in [4.69, 9.17) is 0 Å². The van der Waals surface area contributed by atoms with Gasteiger partial charge >= 0.3 is 6.03 Å². The smallest absolute Gasteiger partial charge is 0.323 e. The molecule has 0 spiro atoms. The van der Waals surface area contributed by atoms with Gasteiger partial charge < -0.3 is 14.8 Å². The van der Waals surface area contributed by atoms with Crippen LogP contribution < -0.4 is 5.32 Å². The van der Waals surface area contributed by atoms with Gasteiger partial charge in [0, 0.05) is 31.2 Å². The van der Waals surface area contributed by atoms with Crippen LogP contribution in [0.3, 0.4) is 0 Å². The summed E-state index contributed by atoms with van der Waals surface area (Å²) in [7, 11) is 2.02. The summed E-state index contributed by atoms with van der Waals surface area (Å²) in [5, 5.41) is 3.13. The molecule has 3 rings (SSSR count). The summed E-state index contributed by atoms with van der Waals surface area (Å²) in [6.07, 6.45) is 2.99. The molecule has 1 aromatic carbocycles. The average molecular weight is 315 g/mol. The Balaban J connectivity index is 1.75. The Morgan fingerprint density at radius 2 is 2.23 bits per heavy atom. The highest BCUT2D eigenvalue weighted by Crippen LogP contribution is 2.38. The van der Waals surface area contributed by atoms with Gasteiger partial charge in [-0.05, 0) is 36.2 Å². The Labute approximate surface area is 135 Å². The zero-order valence-corrected chi connectivity index (χ0v) is 13.8. The molecule has 1 aliphatic rings. The van der Waals surface area contributed by atoms with E-state index in [-0.39, 0.29) is 11.4 Å². The Morgan fingerprint density at radius 1 is 1.36 bits per heavy atom. The van der Waals surface area contributed by atoms with Crippen molar-refractivity contribution in [3.05, 3.63) is 53.9 Å². The van der Waals surface area contributed by atoms with Crippen LogP contribution in [0.4, 0.5) is 10.5 Å². The molecule has 0 unspecified atom stereocenters. The maximum absolute atomic E-state index is 12.6. The highest BCUT2D eigenvalue weighted by atomic mass is 32.2. The van der Waals surface area contributed by atoms with E-state index in [1.165, 1.54) is 11.3 Å². The van der Waals surface area contributed by atoms with Crippen LogP contribution in [0.5, 0.6) is 0 Å². The molecule has 2 heterocycles. The lowest BCUT2D eigenvalue weighted by molar-refractivity contribution is 0.213. The highest BCUT2D eigenvalue weighted by Gasteiger charge is 2.32. The molecule has 0 radical (unpaired) electrons. The van der Waals surface area contributed by atoms with Gasteiger partial charge in [-0.15, -0.1) is 11.8 Å². The molecule has 116 valence electrons. The van der Waals surface area contributed by atoms with Gasteiger partial charge in [0.1, 0.15) is 5.37 Å². The highest BCUT2D eigenvalue weighted by molar-refractivity contribution is 7.99. The van der Waals surface area contributed by atoms with Crippen molar-refractivity contribution < 1.29 is 4.79 Å². The maximum atomic E-state index is 12.6.